The highest BCUT2D eigenvalue weighted by Crippen LogP contribution is 2.33. The minimum atomic E-state index is -2.00. The van der Waals surface area contributed by atoms with Gasteiger partial charge in [-0.05, 0) is 53.6 Å². The van der Waals surface area contributed by atoms with E-state index in [0.29, 0.717) is 38.4 Å². The smallest absolute Gasteiger partial charge is 0.279 e. The molecule has 0 aromatic heterocycles. The minimum Gasteiger partial charge on any atom is -0.497 e. The number of aliphatic hydroxyl groups is 1. The maximum Gasteiger partial charge on any atom is 0.279 e. The lowest BCUT2D eigenvalue weighted by molar-refractivity contribution is -0.136. The van der Waals surface area contributed by atoms with Gasteiger partial charge in [-0.1, -0.05) is 47.5 Å². The number of hydrogen-bond donors (Lipinski definition) is 3. The van der Waals surface area contributed by atoms with E-state index in [1.165, 1.54) is 20.3 Å². The number of halogens is 2. The third kappa shape index (κ3) is 4.46. The van der Waals surface area contributed by atoms with Gasteiger partial charge in [-0.25, -0.2) is 0 Å². The molecule has 3 aromatic carbocycles. The van der Waals surface area contributed by atoms with Crippen LogP contribution in [0.25, 0.3) is 0 Å². The molecule has 6 nitrogen and oxygen atoms in total. The molecule has 0 atom stereocenters. The third-order valence-corrected chi connectivity index (χ3v) is 5.13. The van der Waals surface area contributed by atoms with E-state index in [0.717, 1.165) is 0 Å². The average molecular weight is 447 g/mol. The number of ether oxygens (including phenoxy) is 2. The van der Waals surface area contributed by atoms with Crippen molar-refractivity contribution in [2.75, 3.05) is 19.6 Å². The Hall–Kier alpha value is -2.93. The summed E-state index contributed by atoms with van der Waals surface area (Å²) in [5, 5.41) is 12.3. The maximum atomic E-state index is 13.2. The summed E-state index contributed by atoms with van der Waals surface area (Å²) in [6, 6.07) is 17.9. The number of benzene rings is 3. The first kappa shape index (κ1) is 21.8. The molecule has 8 heteroatoms. The fraction of sp³-hybridized carbons (Fsp3) is 0.136. The van der Waals surface area contributed by atoms with Gasteiger partial charge >= 0.3 is 0 Å². The van der Waals surface area contributed by atoms with Crippen LogP contribution in [0.15, 0.2) is 66.7 Å². The maximum absolute atomic E-state index is 13.2. The first-order valence-corrected chi connectivity index (χ1v) is 9.67. The van der Waals surface area contributed by atoms with Crippen molar-refractivity contribution in [1.29, 1.82) is 0 Å². The summed E-state index contributed by atoms with van der Waals surface area (Å²) in [5.74, 6) is 0.494. The molecule has 3 N–H and O–H groups in total. The molecule has 0 unspecified atom stereocenters. The van der Waals surface area contributed by atoms with Gasteiger partial charge in [0.25, 0.3) is 5.91 Å². The van der Waals surface area contributed by atoms with Gasteiger partial charge in [0.1, 0.15) is 11.5 Å². The molecule has 0 saturated carbocycles. The molecule has 0 aliphatic heterocycles. The Bertz CT molecular complexity index is 977. The molecule has 3 aromatic rings. The van der Waals surface area contributed by atoms with E-state index in [9.17, 15) is 9.90 Å². The van der Waals surface area contributed by atoms with Crippen LogP contribution in [0.1, 0.15) is 11.1 Å². The van der Waals surface area contributed by atoms with Gasteiger partial charge in [0, 0.05) is 5.02 Å². The molecule has 0 aliphatic carbocycles. The highest BCUT2D eigenvalue weighted by atomic mass is 35.5. The van der Waals surface area contributed by atoms with Crippen molar-refractivity contribution >= 4 is 34.8 Å². The second-order valence-corrected chi connectivity index (χ2v) is 7.21. The van der Waals surface area contributed by atoms with Gasteiger partial charge in [-0.3, -0.25) is 15.6 Å². The van der Waals surface area contributed by atoms with Crippen molar-refractivity contribution < 1.29 is 19.4 Å². The van der Waals surface area contributed by atoms with Crippen molar-refractivity contribution in [2.45, 2.75) is 5.60 Å². The predicted octanol–water partition coefficient (Wildman–Crippen LogP) is 4.39. The van der Waals surface area contributed by atoms with E-state index >= 15 is 0 Å². The summed E-state index contributed by atoms with van der Waals surface area (Å²) in [7, 11) is 3.08. The standard InChI is InChI=1S/C22H20Cl2N2O4/c1-29-17-8-3-14(4-9-17)22(28,15-5-10-18(30-2)11-6-15)21(27)26-25-20-12-7-16(23)13-19(20)24/h3-13,25,28H,1-2H3,(H,26,27). The van der Waals surface area contributed by atoms with Gasteiger partial charge < -0.3 is 14.6 Å². The Balaban J connectivity index is 1.95. The second-order valence-electron chi connectivity index (χ2n) is 6.37. The number of nitrogens with one attached hydrogen (secondary N) is 2. The molecular formula is C22H20Cl2N2O4. The van der Waals surface area contributed by atoms with E-state index in [1.54, 1.807) is 60.7 Å². The molecule has 0 spiro atoms. The minimum absolute atomic E-state index is 0.320. The monoisotopic (exact) mass is 446 g/mol. The fourth-order valence-electron chi connectivity index (χ4n) is 2.90. The Morgan fingerprint density at radius 1 is 0.867 bits per heavy atom. The number of rotatable bonds is 7. The lowest BCUT2D eigenvalue weighted by Gasteiger charge is -2.28. The third-order valence-electron chi connectivity index (χ3n) is 4.59. The molecule has 0 saturated heterocycles. The Morgan fingerprint density at radius 3 is 1.80 bits per heavy atom. The number of hydrazine groups is 1. The number of methoxy groups -OCH3 is 2. The second kappa shape index (κ2) is 9.26. The molecule has 0 radical (unpaired) electrons. The summed E-state index contributed by atoms with van der Waals surface area (Å²) in [4.78, 5) is 13.2. The molecular weight excluding hydrogens is 427 g/mol. The molecule has 0 fully saturated rings. The summed E-state index contributed by atoms with van der Waals surface area (Å²) < 4.78 is 10.3. The van der Waals surface area contributed by atoms with E-state index in [4.69, 9.17) is 32.7 Å². The Labute approximate surface area is 184 Å². The summed E-state index contributed by atoms with van der Waals surface area (Å²) in [6.07, 6.45) is 0. The highest BCUT2D eigenvalue weighted by molar-refractivity contribution is 6.36. The van der Waals surface area contributed by atoms with E-state index in [1.807, 2.05) is 0 Å². The summed E-state index contributed by atoms with van der Waals surface area (Å²) in [6.45, 7) is 0. The largest absolute Gasteiger partial charge is 0.497 e. The average Bonchev–Trinajstić information content (AvgIpc) is 2.78. The molecule has 0 heterocycles. The highest BCUT2D eigenvalue weighted by Gasteiger charge is 2.40. The van der Waals surface area contributed by atoms with Crippen LogP contribution in [0.4, 0.5) is 5.69 Å². The SMILES string of the molecule is COc1ccc(C(O)(C(=O)NNc2ccc(Cl)cc2Cl)c2ccc(OC)cc2)cc1. The van der Waals surface area contributed by atoms with Crippen LogP contribution < -0.4 is 20.3 Å². The molecule has 0 aliphatic rings. The topological polar surface area (TPSA) is 79.8 Å². The first-order chi connectivity index (χ1) is 14.4. The van der Waals surface area contributed by atoms with Crippen molar-refractivity contribution in [3.05, 3.63) is 87.9 Å². The Kier molecular flexibility index (Phi) is 6.72. The van der Waals surface area contributed by atoms with Crippen molar-refractivity contribution in [3.63, 3.8) is 0 Å². The number of carbonyl (C=O) groups excluding carboxylic acids is 1. The molecule has 30 heavy (non-hydrogen) atoms. The zero-order valence-electron chi connectivity index (χ0n) is 16.3. The van der Waals surface area contributed by atoms with E-state index in [2.05, 4.69) is 10.9 Å². The zero-order valence-corrected chi connectivity index (χ0v) is 17.8. The van der Waals surface area contributed by atoms with Crippen molar-refractivity contribution in [1.82, 2.24) is 5.43 Å². The van der Waals surface area contributed by atoms with Gasteiger partial charge in [0.05, 0.1) is 24.9 Å². The zero-order chi connectivity index (χ0) is 21.7. The molecule has 156 valence electrons. The van der Waals surface area contributed by atoms with Gasteiger partial charge in [-0.15, -0.1) is 0 Å². The van der Waals surface area contributed by atoms with Crippen molar-refractivity contribution in [3.8, 4) is 11.5 Å². The first-order valence-electron chi connectivity index (χ1n) is 8.91. The number of anilines is 1. The number of hydrogen-bond acceptors (Lipinski definition) is 5. The molecule has 0 bridgehead atoms. The van der Waals surface area contributed by atoms with Crippen molar-refractivity contribution in [2.24, 2.45) is 0 Å². The van der Waals surface area contributed by atoms with Crippen LogP contribution in [0, 0.1) is 0 Å². The lowest BCUT2D eigenvalue weighted by atomic mass is 9.85. The number of carbonyl (C=O) groups is 1. The number of amides is 1. The van der Waals surface area contributed by atoms with Crippen LogP contribution >= 0.6 is 23.2 Å². The van der Waals surface area contributed by atoms with Crippen LogP contribution in [0.3, 0.4) is 0 Å². The van der Waals surface area contributed by atoms with Crippen LogP contribution in [-0.2, 0) is 10.4 Å². The van der Waals surface area contributed by atoms with Gasteiger partial charge in [0.15, 0.2) is 5.60 Å². The predicted molar refractivity (Wildman–Crippen MR) is 117 cm³/mol. The van der Waals surface area contributed by atoms with Crippen LogP contribution in [0.2, 0.25) is 10.0 Å². The molecule has 3 rings (SSSR count). The fourth-order valence-corrected chi connectivity index (χ4v) is 3.35. The van der Waals surface area contributed by atoms with Crippen LogP contribution in [-0.4, -0.2) is 25.2 Å². The van der Waals surface area contributed by atoms with Gasteiger partial charge in [0.2, 0.25) is 0 Å². The van der Waals surface area contributed by atoms with E-state index in [-0.39, 0.29) is 0 Å². The summed E-state index contributed by atoms with van der Waals surface area (Å²) in [5.41, 5.74) is 4.40. The van der Waals surface area contributed by atoms with E-state index < -0.39 is 11.5 Å². The quantitative estimate of drug-likeness (QED) is 0.469. The normalized spacial score (nSPS) is 11.0. The Morgan fingerprint density at radius 2 is 1.37 bits per heavy atom. The summed E-state index contributed by atoms with van der Waals surface area (Å²) >= 11 is 12.0. The van der Waals surface area contributed by atoms with Gasteiger partial charge in [-0.2, -0.15) is 0 Å². The van der Waals surface area contributed by atoms with Crippen LogP contribution in [0.5, 0.6) is 11.5 Å². The lowest BCUT2D eigenvalue weighted by Crippen LogP contribution is -2.47. The molecule has 1 amide bonds.